The Balaban J connectivity index is 1.66. The Morgan fingerprint density at radius 1 is 0.411 bits per heavy atom. The third-order valence-corrected chi connectivity index (χ3v) is 16.0. The second-order valence-electron chi connectivity index (χ2n) is 23.9. The summed E-state index contributed by atoms with van der Waals surface area (Å²) in [4.78, 5) is 13.3. The lowest BCUT2D eigenvalue weighted by Crippen LogP contribution is -2.65. The number of hydrogen-bond donors (Lipinski definition) is 9. The number of aliphatic hydroxyl groups excluding tert-OH is 8. The first kappa shape index (κ1) is 82.0. The van der Waals surface area contributed by atoms with Crippen molar-refractivity contribution in [3.05, 3.63) is 146 Å². The second kappa shape index (κ2) is 58.7. The van der Waals surface area contributed by atoms with Crippen LogP contribution in [-0.2, 0) is 23.7 Å². The molecule has 0 saturated carbocycles. The summed E-state index contributed by atoms with van der Waals surface area (Å²) in [6, 6.07) is -0.947. The Bertz CT molecular complexity index is 2070. The summed E-state index contributed by atoms with van der Waals surface area (Å²) in [5, 5.41) is 87.3. The zero-order chi connectivity index (χ0) is 65.2. The van der Waals surface area contributed by atoms with E-state index in [0.29, 0.717) is 12.8 Å². The lowest BCUT2D eigenvalue weighted by molar-refractivity contribution is -0.359. The van der Waals surface area contributed by atoms with Crippen molar-refractivity contribution in [1.82, 2.24) is 5.32 Å². The summed E-state index contributed by atoms with van der Waals surface area (Å²) in [6.45, 7) is 2.65. The van der Waals surface area contributed by atoms with Gasteiger partial charge in [-0.15, -0.1) is 0 Å². The minimum absolute atomic E-state index is 0.254. The van der Waals surface area contributed by atoms with E-state index in [-0.39, 0.29) is 18.9 Å². The topological polar surface area (TPSA) is 228 Å². The van der Waals surface area contributed by atoms with Crippen LogP contribution in [0.3, 0.4) is 0 Å². The highest BCUT2D eigenvalue weighted by Crippen LogP contribution is 2.30. The lowest BCUT2D eigenvalue weighted by atomic mass is 9.97. The van der Waals surface area contributed by atoms with Crippen LogP contribution in [0.5, 0.6) is 0 Å². The number of carbonyl (C=O) groups is 1. The molecule has 0 aromatic carbocycles. The van der Waals surface area contributed by atoms with Crippen LogP contribution in [-0.4, -0.2) is 140 Å². The van der Waals surface area contributed by atoms with Crippen LogP contribution in [0.2, 0.25) is 0 Å². The Labute approximate surface area is 544 Å². The van der Waals surface area contributed by atoms with Crippen molar-refractivity contribution in [1.29, 1.82) is 0 Å². The van der Waals surface area contributed by atoms with Crippen molar-refractivity contribution in [3.8, 4) is 0 Å². The molecule has 2 rings (SSSR count). The van der Waals surface area contributed by atoms with Gasteiger partial charge in [-0.2, -0.15) is 0 Å². The van der Waals surface area contributed by atoms with Crippen LogP contribution in [0.1, 0.15) is 232 Å². The van der Waals surface area contributed by atoms with Gasteiger partial charge in [0.1, 0.15) is 48.8 Å². The van der Waals surface area contributed by atoms with Crippen LogP contribution in [0, 0.1) is 0 Å². The van der Waals surface area contributed by atoms with Gasteiger partial charge >= 0.3 is 0 Å². The normalized spacial score (nSPS) is 23.8. The number of ether oxygens (including phenoxy) is 4. The number of aliphatic hydroxyl groups is 8. The summed E-state index contributed by atoms with van der Waals surface area (Å²) >= 11 is 0. The molecule has 0 aromatic heterocycles. The van der Waals surface area contributed by atoms with E-state index in [9.17, 15) is 45.6 Å². The fourth-order valence-electron chi connectivity index (χ4n) is 10.5. The van der Waals surface area contributed by atoms with Crippen molar-refractivity contribution < 1.29 is 64.6 Å². The Hall–Kier alpha value is -4.13. The van der Waals surface area contributed by atoms with Gasteiger partial charge in [0, 0.05) is 6.42 Å². The van der Waals surface area contributed by atoms with Crippen molar-refractivity contribution >= 4 is 5.91 Å². The van der Waals surface area contributed by atoms with Crippen LogP contribution >= 0.6 is 0 Å². The van der Waals surface area contributed by atoms with Crippen molar-refractivity contribution in [2.45, 2.75) is 306 Å². The molecule has 12 atom stereocenters. The summed E-state index contributed by atoms with van der Waals surface area (Å²) in [7, 11) is 0. The highest BCUT2D eigenvalue weighted by molar-refractivity contribution is 5.76. The Morgan fingerprint density at radius 2 is 0.778 bits per heavy atom. The smallest absolute Gasteiger partial charge is 0.220 e. The molecule has 2 heterocycles. The number of hydrogen-bond acceptors (Lipinski definition) is 13. The zero-order valence-corrected chi connectivity index (χ0v) is 55.6. The average molecular weight is 1260 g/mol. The maximum absolute atomic E-state index is 13.3. The van der Waals surface area contributed by atoms with E-state index < -0.39 is 86.8 Å². The minimum Gasteiger partial charge on any atom is -0.394 e. The van der Waals surface area contributed by atoms with Gasteiger partial charge < -0.3 is 65.1 Å². The molecular weight excluding hydrogens is 1130 g/mol. The predicted molar refractivity (Wildman–Crippen MR) is 368 cm³/mol. The maximum atomic E-state index is 13.3. The van der Waals surface area contributed by atoms with Gasteiger partial charge in [0.15, 0.2) is 12.6 Å². The summed E-state index contributed by atoms with van der Waals surface area (Å²) < 4.78 is 22.8. The van der Waals surface area contributed by atoms with Gasteiger partial charge in [-0.25, -0.2) is 0 Å². The molecule has 2 fully saturated rings. The molecule has 14 heteroatoms. The van der Waals surface area contributed by atoms with Gasteiger partial charge in [0.2, 0.25) is 5.91 Å². The molecule has 12 unspecified atom stereocenters. The number of unbranched alkanes of at least 4 members (excludes halogenated alkanes) is 20. The van der Waals surface area contributed by atoms with Crippen molar-refractivity contribution in [2.24, 2.45) is 0 Å². The van der Waals surface area contributed by atoms with Crippen LogP contribution in [0.4, 0.5) is 0 Å². The van der Waals surface area contributed by atoms with Gasteiger partial charge in [-0.3, -0.25) is 4.79 Å². The standard InChI is InChI=1S/C76H125NO13/c1-3-5-7-9-11-13-15-17-19-21-22-23-24-25-26-27-28-29-30-31-32-33-34-35-36-37-38-39-40-41-42-44-46-48-50-52-54-56-58-60-68(81)77-64(65(80)59-57-55-53-51-49-47-45-43-20-18-16-14-12-10-8-6-4-2)63-87-75-73(86)71(84)74(67(62-79)89-75)90-76-72(85)70(83)69(82)66(61-78)88-76/h5,7,11,13,17,19,22-23,25-26,28-29,31-32,34-35,37-38,40-41,49,51,57,59,64-67,69-76,78-80,82-86H,3-4,6,8-10,12,14-16,18,20-21,24,27,30,33,36,39,42-48,50,52-56,58,60-63H2,1-2H3,(H,77,81)/b7-5-,13-11-,19-17-,23-22-,26-25-,29-28-,32-31-,35-34-,38-37-,41-40-,51-49+,59-57+. The van der Waals surface area contributed by atoms with Gasteiger partial charge in [0.25, 0.3) is 0 Å². The van der Waals surface area contributed by atoms with Crippen LogP contribution in [0.15, 0.2) is 146 Å². The Kier molecular flexibility index (Phi) is 53.4. The van der Waals surface area contributed by atoms with E-state index >= 15 is 0 Å². The first-order chi connectivity index (χ1) is 44.1. The Morgan fingerprint density at radius 3 is 1.22 bits per heavy atom. The molecule has 0 spiro atoms. The lowest BCUT2D eigenvalue weighted by Gasteiger charge is -2.46. The molecular formula is C76H125NO13. The van der Waals surface area contributed by atoms with Gasteiger partial charge in [-0.1, -0.05) is 262 Å². The van der Waals surface area contributed by atoms with Crippen LogP contribution in [0.25, 0.3) is 0 Å². The van der Waals surface area contributed by atoms with Gasteiger partial charge in [-0.05, 0) is 109 Å². The van der Waals surface area contributed by atoms with Gasteiger partial charge in [0.05, 0.1) is 32.0 Å². The summed E-state index contributed by atoms with van der Waals surface area (Å²) in [5.74, 6) is -0.263. The predicted octanol–water partition coefficient (Wildman–Crippen LogP) is 14.5. The molecule has 2 aliphatic heterocycles. The first-order valence-electron chi connectivity index (χ1n) is 35.1. The van der Waals surface area contributed by atoms with Crippen LogP contribution < -0.4 is 5.32 Å². The minimum atomic E-state index is -1.80. The third-order valence-electron chi connectivity index (χ3n) is 16.0. The van der Waals surface area contributed by atoms with Crippen molar-refractivity contribution in [2.75, 3.05) is 19.8 Å². The molecule has 512 valence electrons. The number of allylic oxidation sites excluding steroid dienone is 23. The molecule has 14 nitrogen and oxygen atoms in total. The number of rotatable bonds is 55. The summed E-state index contributed by atoms with van der Waals surface area (Å²) in [5.41, 5.74) is 0. The van der Waals surface area contributed by atoms with E-state index in [2.05, 4.69) is 153 Å². The molecule has 0 radical (unpaired) electrons. The molecule has 2 aliphatic rings. The van der Waals surface area contributed by atoms with E-state index in [1.54, 1.807) is 6.08 Å². The van der Waals surface area contributed by atoms with E-state index in [1.165, 1.54) is 89.9 Å². The fraction of sp³-hybridized carbons (Fsp3) is 0.671. The monoisotopic (exact) mass is 1260 g/mol. The average Bonchev–Trinajstić information content (AvgIpc) is 1.04. The molecule has 90 heavy (non-hydrogen) atoms. The zero-order valence-electron chi connectivity index (χ0n) is 55.6. The quantitative estimate of drug-likeness (QED) is 0.0204. The highest BCUT2D eigenvalue weighted by Gasteiger charge is 2.51. The fourth-order valence-corrected chi connectivity index (χ4v) is 10.5. The van der Waals surface area contributed by atoms with E-state index in [4.69, 9.17) is 18.9 Å². The number of nitrogens with one attached hydrogen (secondary N) is 1. The number of carbonyl (C=O) groups excluding carboxylic acids is 1. The molecule has 0 aromatic rings. The SMILES string of the molecule is CC/C=C\C/C=C\C/C=C\C/C=C\C/C=C\C/C=C\C/C=C\C/C=C\C/C=C\C/C=C\CCCCCCCCCCC(=O)NC(COC1OC(CO)C(OC2OC(CO)C(O)C(O)C2O)C(O)C1O)C(O)/C=C/CC/C=C/CCCCCCCCCCCCC. The first-order valence-corrected chi connectivity index (χ1v) is 35.1. The largest absolute Gasteiger partial charge is 0.394 e. The second-order valence-corrected chi connectivity index (χ2v) is 23.9. The van der Waals surface area contributed by atoms with E-state index in [0.717, 1.165) is 109 Å². The molecule has 0 aliphatic carbocycles. The number of amides is 1. The summed E-state index contributed by atoms with van der Waals surface area (Å²) in [6.07, 6.45) is 71.8. The van der Waals surface area contributed by atoms with Crippen molar-refractivity contribution in [3.63, 3.8) is 0 Å². The third kappa shape index (κ3) is 42.2. The van der Waals surface area contributed by atoms with E-state index in [1.807, 2.05) is 6.08 Å². The highest BCUT2D eigenvalue weighted by atomic mass is 16.7. The molecule has 9 N–H and O–H groups in total. The maximum Gasteiger partial charge on any atom is 0.220 e. The molecule has 2 saturated heterocycles. The molecule has 0 bridgehead atoms. The molecule has 1 amide bonds.